The van der Waals surface area contributed by atoms with Crippen LogP contribution >= 0.6 is 0 Å². The monoisotopic (exact) mass is 242 g/mol. The van der Waals surface area contributed by atoms with Crippen molar-refractivity contribution in [2.75, 3.05) is 13.6 Å². The van der Waals surface area contributed by atoms with Crippen LogP contribution in [0, 0.1) is 18.3 Å². The number of benzene rings is 1. The second-order valence-electron chi connectivity index (χ2n) is 4.67. The molecule has 0 unspecified atom stereocenters. The zero-order valence-electron chi connectivity index (χ0n) is 10.9. The van der Waals surface area contributed by atoms with E-state index in [2.05, 4.69) is 46.2 Å². The Morgan fingerprint density at radius 1 is 1.44 bits per heavy atom. The lowest BCUT2D eigenvalue weighted by molar-refractivity contribution is 0.324. The topological polar surface area (TPSA) is 55.7 Å². The predicted molar refractivity (Wildman–Crippen MR) is 72.0 cm³/mol. The molecule has 0 aliphatic heterocycles. The van der Waals surface area contributed by atoms with Crippen molar-refractivity contribution >= 4 is 11.0 Å². The number of aryl methyl sites for hydroxylation is 1. The molecule has 18 heavy (non-hydrogen) atoms. The van der Waals surface area contributed by atoms with Crippen LogP contribution < -0.4 is 0 Å². The summed E-state index contributed by atoms with van der Waals surface area (Å²) >= 11 is 0. The number of hydrogen-bond donors (Lipinski definition) is 1. The third-order valence-electron chi connectivity index (χ3n) is 2.95. The van der Waals surface area contributed by atoms with Gasteiger partial charge in [-0.3, -0.25) is 0 Å². The van der Waals surface area contributed by atoms with E-state index in [-0.39, 0.29) is 0 Å². The molecule has 0 atom stereocenters. The van der Waals surface area contributed by atoms with E-state index in [1.54, 1.807) is 0 Å². The minimum atomic E-state index is 0.628. The molecule has 0 spiro atoms. The molecular weight excluding hydrogens is 224 g/mol. The van der Waals surface area contributed by atoms with E-state index in [4.69, 9.17) is 5.26 Å². The second kappa shape index (κ2) is 5.65. The highest BCUT2D eigenvalue weighted by Crippen LogP contribution is 2.14. The first-order valence-electron chi connectivity index (χ1n) is 6.20. The van der Waals surface area contributed by atoms with Gasteiger partial charge in [0.15, 0.2) is 0 Å². The highest BCUT2D eigenvalue weighted by molar-refractivity contribution is 5.75. The normalized spacial score (nSPS) is 11.0. The highest BCUT2D eigenvalue weighted by atomic mass is 15.1. The number of H-pyrrole nitrogens is 1. The van der Waals surface area contributed by atoms with Crippen LogP contribution in [0.1, 0.15) is 24.2 Å². The van der Waals surface area contributed by atoms with Crippen LogP contribution in [0.5, 0.6) is 0 Å². The number of rotatable bonds is 5. The van der Waals surface area contributed by atoms with E-state index in [1.165, 1.54) is 5.56 Å². The zero-order chi connectivity index (χ0) is 13.0. The second-order valence-corrected chi connectivity index (χ2v) is 4.67. The van der Waals surface area contributed by atoms with Gasteiger partial charge in [0.2, 0.25) is 0 Å². The van der Waals surface area contributed by atoms with Crippen LogP contribution in [0.2, 0.25) is 0 Å². The lowest BCUT2D eigenvalue weighted by atomic mass is 10.2. The number of aromatic nitrogens is 2. The summed E-state index contributed by atoms with van der Waals surface area (Å²) in [6.07, 6.45) is 1.56. The van der Waals surface area contributed by atoms with Crippen molar-refractivity contribution in [3.63, 3.8) is 0 Å². The third-order valence-corrected chi connectivity index (χ3v) is 2.95. The average Bonchev–Trinajstić information content (AvgIpc) is 2.69. The summed E-state index contributed by atoms with van der Waals surface area (Å²) in [6.45, 7) is 3.82. The van der Waals surface area contributed by atoms with Gasteiger partial charge in [-0.15, -0.1) is 0 Å². The van der Waals surface area contributed by atoms with Crippen molar-refractivity contribution in [3.8, 4) is 6.07 Å². The first-order chi connectivity index (χ1) is 8.69. The van der Waals surface area contributed by atoms with Gasteiger partial charge in [-0.25, -0.2) is 4.98 Å². The van der Waals surface area contributed by atoms with E-state index in [0.717, 1.165) is 36.4 Å². The summed E-state index contributed by atoms with van der Waals surface area (Å²) in [5, 5.41) is 8.51. The molecule has 94 valence electrons. The Morgan fingerprint density at radius 2 is 2.28 bits per heavy atom. The molecule has 2 aromatic rings. The van der Waals surface area contributed by atoms with Crippen LogP contribution in [0.25, 0.3) is 11.0 Å². The maximum Gasteiger partial charge on any atom is 0.104 e. The fourth-order valence-corrected chi connectivity index (χ4v) is 2.10. The molecular formula is C14H18N4. The molecule has 0 bridgehead atoms. The smallest absolute Gasteiger partial charge is 0.104 e. The number of imidazole rings is 1. The van der Waals surface area contributed by atoms with Crippen molar-refractivity contribution in [1.29, 1.82) is 5.26 Å². The lowest BCUT2D eigenvalue weighted by Crippen LogP contribution is -2.18. The first-order valence-corrected chi connectivity index (χ1v) is 6.20. The average molecular weight is 242 g/mol. The van der Waals surface area contributed by atoms with Gasteiger partial charge >= 0.3 is 0 Å². The standard InChI is InChI=1S/C14H18N4/c1-11-16-13-6-5-12(9-14(13)17-11)10-18(2)8-4-3-7-15/h5-6,9H,3-4,8,10H2,1-2H3,(H,16,17). The fraction of sp³-hybridized carbons (Fsp3) is 0.429. The van der Waals surface area contributed by atoms with Crippen LogP contribution in [0.4, 0.5) is 0 Å². The Hall–Kier alpha value is -1.86. The zero-order valence-corrected chi connectivity index (χ0v) is 10.9. The quantitative estimate of drug-likeness (QED) is 0.820. The van der Waals surface area contributed by atoms with Crippen LogP contribution in [0.15, 0.2) is 18.2 Å². The van der Waals surface area contributed by atoms with Crippen molar-refractivity contribution in [2.45, 2.75) is 26.3 Å². The molecule has 0 saturated carbocycles. The lowest BCUT2D eigenvalue weighted by Gasteiger charge is -2.15. The van der Waals surface area contributed by atoms with Gasteiger partial charge < -0.3 is 9.88 Å². The summed E-state index contributed by atoms with van der Waals surface area (Å²) in [7, 11) is 2.08. The highest BCUT2D eigenvalue weighted by Gasteiger charge is 2.03. The molecule has 1 aromatic heterocycles. The molecule has 0 aliphatic carbocycles. The number of nitrogens with one attached hydrogen (secondary N) is 1. The Balaban J connectivity index is 2.00. The van der Waals surface area contributed by atoms with Crippen molar-refractivity contribution in [1.82, 2.24) is 14.9 Å². The van der Waals surface area contributed by atoms with Crippen LogP contribution in [-0.4, -0.2) is 28.5 Å². The SMILES string of the molecule is Cc1nc2ccc(CN(C)CCCC#N)cc2[nH]1. The first kappa shape index (κ1) is 12.6. The number of hydrogen-bond acceptors (Lipinski definition) is 3. The third kappa shape index (κ3) is 3.08. The Morgan fingerprint density at radius 3 is 3.06 bits per heavy atom. The predicted octanol–water partition coefficient (Wildman–Crippen LogP) is 2.61. The van der Waals surface area contributed by atoms with Crippen LogP contribution in [-0.2, 0) is 6.54 Å². The number of fused-ring (bicyclic) bond motifs is 1. The van der Waals surface area contributed by atoms with E-state index in [1.807, 2.05) is 6.92 Å². The van der Waals surface area contributed by atoms with Gasteiger partial charge in [0, 0.05) is 13.0 Å². The van der Waals surface area contributed by atoms with E-state index >= 15 is 0 Å². The van der Waals surface area contributed by atoms with Gasteiger partial charge in [0.25, 0.3) is 0 Å². The molecule has 4 heteroatoms. The number of nitriles is 1. The maximum absolute atomic E-state index is 8.51. The summed E-state index contributed by atoms with van der Waals surface area (Å²) in [5.41, 5.74) is 3.38. The minimum Gasteiger partial charge on any atom is -0.342 e. The molecule has 1 N–H and O–H groups in total. The molecule has 0 aliphatic rings. The fourth-order valence-electron chi connectivity index (χ4n) is 2.10. The molecule has 0 amide bonds. The van der Waals surface area contributed by atoms with Gasteiger partial charge in [-0.05, 0) is 44.6 Å². The molecule has 4 nitrogen and oxygen atoms in total. The molecule has 0 saturated heterocycles. The number of nitrogens with zero attached hydrogens (tertiary/aromatic N) is 3. The largest absolute Gasteiger partial charge is 0.342 e. The van der Waals surface area contributed by atoms with Gasteiger partial charge in [0.05, 0.1) is 17.1 Å². The van der Waals surface area contributed by atoms with Crippen LogP contribution in [0.3, 0.4) is 0 Å². The van der Waals surface area contributed by atoms with Crippen molar-refractivity contribution in [2.24, 2.45) is 0 Å². The van der Waals surface area contributed by atoms with Crippen molar-refractivity contribution in [3.05, 3.63) is 29.6 Å². The van der Waals surface area contributed by atoms with Gasteiger partial charge in [-0.1, -0.05) is 6.07 Å². The molecule has 2 rings (SSSR count). The molecule has 0 fully saturated rings. The Kier molecular flexibility index (Phi) is 3.96. The summed E-state index contributed by atoms with van der Waals surface area (Å²) < 4.78 is 0. The number of unbranched alkanes of at least 4 members (excludes halogenated alkanes) is 1. The Labute approximate surface area is 107 Å². The van der Waals surface area contributed by atoms with E-state index < -0.39 is 0 Å². The van der Waals surface area contributed by atoms with Crippen molar-refractivity contribution < 1.29 is 0 Å². The van der Waals surface area contributed by atoms with Gasteiger partial charge in [-0.2, -0.15) is 5.26 Å². The van der Waals surface area contributed by atoms with E-state index in [0.29, 0.717) is 6.42 Å². The summed E-state index contributed by atoms with van der Waals surface area (Å²) in [6, 6.07) is 8.49. The minimum absolute atomic E-state index is 0.628. The molecule has 1 aromatic carbocycles. The van der Waals surface area contributed by atoms with Gasteiger partial charge in [0.1, 0.15) is 5.82 Å². The number of aromatic amines is 1. The molecule has 0 radical (unpaired) electrons. The molecule has 1 heterocycles. The summed E-state index contributed by atoms with van der Waals surface area (Å²) in [5.74, 6) is 0.949. The summed E-state index contributed by atoms with van der Waals surface area (Å²) in [4.78, 5) is 9.88. The maximum atomic E-state index is 8.51. The Bertz CT molecular complexity index is 565. The van der Waals surface area contributed by atoms with E-state index in [9.17, 15) is 0 Å².